The number of nitrogens with one attached hydrogen (secondary N) is 1. The number of piperazine rings is 1. The van der Waals surface area contributed by atoms with Crippen molar-refractivity contribution >= 4 is 44.8 Å². The van der Waals surface area contributed by atoms with Gasteiger partial charge in [-0.3, -0.25) is 0 Å². The van der Waals surface area contributed by atoms with Crippen molar-refractivity contribution in [2.24, 2.45) is 0 Å². The van der Waals surface area contributed by atoms with Gasteiger partial charge in [0.25, 0.3) is 0 Å². The predicted octanol–water partition coefficient (Wildman–Crippen LogP) is 2.63. The lowest BCUT2D eigenvalue weighted by Gasteiger charge is -2.33. The summed E-state index contributed by atoms with van der Waals surface area (Å²) in [6, 6.07) is 2.62. The first kappa shape index (κ1) is 15.4. The van der Waals surface area contributed by atoms with Crippen LogP contribution in [0.25, 0.3) is 0 Å². The van der Waals surface area contributed by atoms with E-state index in [-0.39, 0.29) is 21.0 Å². The van der Waals surface area contributed by atoms with E-state index in [2.05, 4.69) is 5.32 Å². The summed E-state index contributed by atoms with van der Waals surface area (Å²) in [5.74, 6) is 0. The highest BCUT2D eigenvalue weighted by molar-refractivity contribution is 7.89. The van der Waals surface area contributed by atoms with E-state index >= 15 is 0 Å². The maximum absolute atomic E-state index is 12.6. The quantitative estimate of drug-likeness (QED) is 0.898. The SMILES string of the molecule is C[C@@H]1CNCCN1S(=O)(=O)c1c(Cl)cc(Cl)cc1Cl. The van der Waals surface area contributed by atoms with Crippen LogP contribution in [-0.4, -0.2) is 38.4 Å². The number of sulfonamides is 1. The molecule has 1 heterocycles. The lowest BCUT2D eigenvalue weighted by molar-refractivity contribution is 0.284. The molecule has 19 heavy (non-hydrogen) atoms. The van der Waals surface area contributed by atoms with Crippen molar-refractivity contribution in [3.8, 4) is 0 Å². The third-order valence-electron chi connectivity index (χ3n) is 2.97. The Morgan fingerprint density at radius 1 is 1.26 bits per heavy atom. The van der Waals surface area contributed by atoms with Crippen molar-refractivity contribution in [3.05, 3.63) is 27.2 Å². The molecular formula is C11H13Cl3N2O2S. The second-order valence-electron chi connectivity index (χ2n) is 4.37. The Labute approximate surface area is 127 Å². The Morgan fingerprint density at radius 3 is 2.37 bits per heavy atom. The Morgan fingerprint density at radius 2 is 1.84 bits per heavy atom. The number of benzene rings is 1. The summed E-state index contributed by atoms with van der Waals surface area (Å²) in [6.45, 7) is 3.43. The second-order valence-corrected chi connectivity index (χ2v) is 7.45. The van der Waals surface area contributed by atoms with E-state index in [1.165, 1.54) is 16.4 Å². The minimum Gasteiger partial charge on any atom is -0.314 e. The molecule has 0 amide bonds. The van der Waals surface area contributed by atoms with Crippen LogP contribution < -0.4 is 5.32 Å². The first-order chi connectivity index (χ1) is 8.84. The van der Waals surface area contributed by atoms with E-state index < -0.39 is 10.0 Å². The summed E-state index contributed by atoms with van der Waals surface area (Å²) in [5, 5.41) is 3.53. The fourth-order valence-corrected chi connectivity index (χ4v) is 5.20. The van der Waals surface area contributed by atoms with Gasteiger partial charge < -0.3 is 5.32 Å². The van der Waals surface area contributed by atoms with Crippen LogP contribution in [0, 0.1) is 0 Å². The molecule has 0 bridgehead atoms. The highest BCUT2D eigenvalue weighted by Crippen LogP contribution is 2.35. The van der Waals surface area contributed by atoms with Crippen LogP contribution in [-0.2, 0) is 10.0 Å². The highest BCUT2D eigenvalue weighted by Gasteiger charge is 2.34. The minimum absolute atomic E-state index is 0.0447. The van der Waals surface area contributed by atoms with E-state index in [9.17, 15) is 8.42 Å². The molecule has 0 saturated carbocycles. The Bertz CT molecular complexity index is 569. The summed E-state index contributed by atoms with van der Waals surface area (Å²) < 4.78 is 26.7. The first-order valence-electron chi connectivity index (χ1n) is 5.71. The summed E-state index contributed by atoms with van der Waals surface area (Å²) in [7, 11) is -3.72. The molecule has 1 aliphatic heterocycles. The van der Waals surface area contributed by atoms with Crippen molar-refractivity contribution in [3.63, 3.8) is 0 Å². The first-order valence-corrected chi connectivity index (χ1v) is 8.28. The molecule has 1 fully saturated rings. The number of nitrogens with zero attached hydrogens (tertiary/aromatic N) is 1. The lowest BCUT2D eigenvalue weighted by atomic mass is 10.3. The predicted molar refractivity (Wildman–Crippen MR) is 77.7 cm³/mol. The topological polar surface area (TPSA) is 49.4 Å². The number of halogens is 3. The van der Waals surface area contributed by atoms with Gasteiger partial charge in [0.05, 0.1) is 10.0 Å². The van der Waals surface area contributed by atoms with Gasteiger partial charge in [-0.05, 0) is 19.1 Å². The van der Waals surface area contributed by atoms with Gasteiger partial charge in [-0.15, -0.1) is 0 Å². The van der Waals surface area contributed by atoms with E-state index in [0.717, 1.165) is 0 Å². The van der Waals surface area contributed by atoms with Gasteiger partial charge in [0, 0.05) is 30.7 Å². The van der Waals surface area contributed by atoms with Crippen molar-refractivity contribution in [1.82, 2.24) is 9.62 Å². The summed E-state index contributed by atoms with van der Waals surface area (Å²) in [4.78, 5) is -0.0750. The molecule has 1 aromatic carbocycles. The molecule has 0 aromatic heterocycles. The van der Waals surface area contributed by atoms with Crippen LogP contribution in [0.5, 0.6) is 0 Å². The molecule has 0 radical (unpaired) electrons. The molecule has 0 spiro atoms. The third-order valence-corrected chi connectivity index (χ3v) is 6.12. The Balaban J connectivity index is 2.50. The monoisotopic (exact) mass is 342 g/mol. The number of rotatable bonds is 2. The van der Waals surface area contributed by atoms with Gasteiger partial charge in [0.2, 0.25) is 10.0 Å². The molecule has 1 N–H and O–H groups in total. The van der Waals surface area contributed by atoms with Gasteiger partial charge in [0.1, 0.15) is 4.90 Å². The second kappa shape index (κ2) is 5.76. The van der Waals surface area contributed by atoms with Gasteiger partial charge in [-0.2, -0.15) is 4.31 Å². The normalized spacial score (nSPS) is 21.6. The molecule has 106 valence electrons. The zero-order valence-corrected chi connectivity index (χ0v) is 13.2. The zero-order valence-electron chi connectivity index (χ0n) is 10.2. The molecule has 1 aromatic rings. The fraction of sp³-hybridized carbons (Fsp3) is 0.455. The van der Waals surface area contributed by atoms with Gasteiger partial charge in [0.15, 0.2) is 0 Å². The Kier molecular flexibility index (Phi) is 4.65. The number of hydrogen-bond donors (Lipinski definition) is 1. The molecule has 1 saturated heterocycles. The molecule has 1 atom stereocenters. The van der Waals surface area contributed by atoms with E-state index in [1.54, 1.807) is 0 Å². The van der Waals surface area contributed by atoms with Crippen LogP contribution in [0.2, 0.25) is 15.1 Å². The molecule has 2 rings (SSSR count). The van der Waals surface area contributed by atoms with Crippen molar-refractivity contribution < 1.29 is 8.42 Å². The third kappa shape index (κ3) is 3.01. The van der Waals surface area contributed by atoms with Crippen molar-refractivity contribution in [1.29, 1.82) is 0 Å². The highest BCUT2D eigenvalue weighted by atomic mass is 35.5. The van der Waals surface area contributed by atoms with Crippen LogP contribution in [0.15, 0.2) is 17.0 Å². The largest absolute Gasteiger partial charge is 0.314 e. The standard InChI is InChI=1S/C11H13Cl3N2O2S/c1-7-6-15-2-3-16(7)19(17,18)11-9(13)4-8(12)5-10(11)14/h4-5,7,15H,2-3,6H2,1H3/t7-/m1/s1. The molecule has 0 aliphatic carbocycles. The lowest BCUT2D eigenvalue weighted by Crippen LogP contribution is -2.52. The molecule has 4 nitrogen and oxygen atoms in total. The maximum Gasteiger partial charge on any atom is 0.246 e. The average molecular weight is 344 g/mol. The van der Waals surface area contributed by atoms with Gasteiger partial charge >= 0.3 is 0 Å². The molecule has 1 aliphatic rings. The zero-order chi connectivity index (χ0) is 14.2. The van der Waals surface area contributed by atoms with Crippen LogP contribution >= 0.6 is 34.8 Å². The van der Waals surface area contributed by atoms with Crippen molar-refractivity contribution in [2.75, 3.05) is 19.6 Å². The molecular weight excluding hydrogens is 331 g/mol. The van der Waals surface area contributed by atoms with E-state index in [4.69, 9.17) is 34.8 Å². The summed E-state index contributed by atoms with van der Waals surface area (Å²) >= 11 is 17.8. The summed E-state index contributed by atoms with van der Waals surface area (Å²) in [5.41, 5.74) is 0. The molecule has 0 unspecified atom stereocenters. The van der Waals surface area contributed by atoms with Crippen LogP contribution in [0.1, 0.15) is 6.92 Å². The smallest absolute Gasteiger partial charge is 0.246 e. The Hall–Kier alpha value is -0.0400. The van der Waals surface area contributed by atoms with Crippen LogP contribution in [0.4, 0.5) is 0 Å². The van der Waals surface area contributed by atoms with E-state index in [1.807, 2.05) is 6.92 Å². The van der Waals surface area contributed by atoms with Crippen LogP contribution in [0.3, 0.4) is 0 Å². The summed E-state index contributed by atoms with van der Waals surface area (Å²) in [6.07, 6.45) is 0. The maximum atomic E-state index is 12.6. The van der Waals surface area contributed by atoms with Crippen molar-refractivity contribution in [2.45, 2.75) is 17.9 Å². The average Bonchev–Trinajstić information content (AvgIpc) is 2.27. The van der Waals surface area contributed by atoms with Gasteiger partial charge in [-0.25, -0.2) is 8.42 Å². The van der Waals surface area contributed by atoms with Gasteiger partial charge in [-0.1, -0.05) is 34.8 Å². The number of hydrogen-bond acceptors (Lipinski definition) is 3. The fourth-order valence-electron chi connectivity index (χ4n) is 2.07. The molecule has 8 heteroatoms. The minimum atomic E-state index is -3.72. The van der Waals surface area contributed by atoms with E-state index in [0.29, 0.717) is 24.7 Å².